The van der Waals surface area contributed by atoms with Gasteiger partial charge in [-0.3, -0.25) is 0 Å². The average molecular weight is 157 g/mol. The van der Waals surface area contributed by atoms with Crippen LogP contribution in [0.1, 0.15) is 39.0 Å². The van der Waals surface area contributed by atoms with Crippen molar-refractivity contribution in [3.05, 3.63) is 0 Å². The first-order valence-corrected chi connectivity index (χ1v) is 4.63. The molecule has 0 heterocycles. The van der Waals surface area contributed by atoms with Crippen molar-refractivity contribution in [1.29, 1.82) is 0 Å². The molecule has 0 amide bonds. The summed E-state index contributed by atoms with van der Waals surface area (Å²) in [5.74, 6) is 0. The number of hydrogen-bond acceptors (Lipinski definition) is 2. The molecule has 66 valence electrons. The zero-order valence-electron chi connectivity index (χ0n) is 7.44. The molecule has 0 radical (unpaired) electrons. The highest BCUT2D eigenvalue weighted by molar-refractivity contribution is 4.91. The van der Waals surface area contributed by atoms with Gasteiger partial charge in [0.1, 0.15) is 0 Å². The van der Waals surface area contributed by atoms with Crippen LogP contribution in [0.15, 0.2) is 0 Å². The van der Waals surface area contributed by atoms with Gasteiger partial charge in [-0.05, 0) is 39.0 Å². The van der Waals surface area contributed by atoms with E-state index < -0.39 is 0 Å². The molecule has 0 aromatic rings. The van der Waals surface area contributed by atoms with Crippen molar-refractivity contribution in [3.8, 4) is 0 Å². The molecule has 0 spiro atoms. The van der Waals surface area contributed by atoms with Crippen molar-refractivity contribution in [2.24, 2.45) is 5.73 Å². The van der Waals surface area contributed by atoms with Gasteiger partial charge < -0.3 is 10.5 Å². The molecule has 1 fully saturated rings. The molecule has 1 aliphatic rings. The van der Waals surface area contributed by atoms with Crippen molar-refractivity contribution in [3.63, 3.8) is 0 Å². The first-order valence-electron chi connectivity index (χ1n) is 4.63. The largest absolute Gasteiger partial charge is 0.382 e. The van der Waals surface area contributed by atoms with Crippen LogP contribution in [0, 0.1) is 0 Å². The second kappa shape index (κ2) is 4.07. The smallest absolute Gasteiger partial charge is 0.0466 e. The number of nitrogens with two attached hydrogens (primary N) is 1. The van der Waals surface area contributed by atoms with Crippen molar-refractivity contribution in [2.45, 2.75) is 44.6 Å². The van der Waals surface area contributed by atoms with Crippen LogP contribution in [0.25, 0.3) is 0 Å². The van der Waals surface area contributed by atoms with Gasteiger partial charge >= 0.3 is 0 Å². The van der Waals surface area contributed by atoms with E-state index in [1.165, 1.54) is 19.3 Å². The molecular formula is C9H19NO. The third kappa shape index (κ3) is 2.80. The molecule has 11 heavy (non-hydrogen) atoms. The number of ether oxygens (including phenoxy) is 1. The minimum absolute atomic E-state index is 0.192. The van der Waals surface area contributed by atoms with Crippen LogP contribution < -0.4 is 5.73 Å². The molecule has 0 aliphatic heterocycles. The molecule has 0 aromatic carbocycles. The quantitative estimate of drug-likeness (QED) is 0.616. The lowest BCUT2D eigenvalue weighted by molar-refractivity contribution is 0.126. The van der Waals surface area contributed by atoms with Gasteiger partial charge in [-0.2, -0.15) is 0 Å². The first kappa shape index (κ1) is 9.01. The lowest BCUT2D eigenvalue weighted by Gasteiger charge is -2.38. The molecule has 1 aliphatic carbocycles. The SMILES string of the molecule is CCOCCCC1(N)CCC1. The summed E-state index contributed by atoms with van der Waals surface area (Å²) in [6.07, 6.45) is 6.04. The molecular weight excluding hydrogens is 138 g/mol. The van der Waals surface area contributed by atoms with Gasteiger partial charge in [-0.15, -0.1) is 0 Å². The summed E-state index contributed by atoms with van der Waals surface area (Å²) in [5, 5.41) is 0. The van der Waals surface area contributed by atoms with Crippen LogP contribution in [0.5, 0.6) is 0 Å². The van der Waals surface area contributed by atoms with Gasteiger partial charge in [0.25, 0.3) is 0 Å². The Bertz CT molecular complexity index is 110. The van der Waals surface area contributed by atoms with Crippen LogP contribution >= 0.6 is 0 Å². The Morgan fingerprint density at radius 2 is 2.18 bits per heavy atom. The lowest BCUT2D eigenvalue weighted by atomic mass is 9.75. The highest BCUT2D eigenvalue weighted by Crippen LogP contribution is 2.32. The maximum absolute atomic E-state index is 6.03. The van der Waals surface area contributed by atoms with E-state index in [9.17, 15) is 0 Å². The molecule has 2 N–H and O–H groups in total. The normalized spacial score (nSPS) is 21.3. The maximum atomic E-state index is 6.03. The third-order valence-corrected chi connectivity index (χ3v) is 2.52. The molecule has 0 aromatic heterocycles. The van der Waals surface area contributed by atoms with Gasteiger partial charge in [0.05, 0.1) is 0 Å². The minimum Gasteiger partial charge on any atom is -0.382 e. The summed E-state index contributed by atoms with van der Waals surface area (Å²) in [6, 6.07) is 0. The Morgan fingerprint density at radius 3 is 2.64 bits per heavy atom. The molecule has 0 unspecified atom stereocenters. The highest BCUT2D eigenvalue weighted by atomic mass is 16.5. The molecule has 0 bridgehead atoms. The first-order chi connectivity index (χ1) is 5.27. The highest BCUT2D eigenvalue weighted by Gasteiger charge is 2.31. The Kier molecular flexibility index (Phi) is 3.34. The average Bonchev–Trinajstić information content (AvgIpc) is 1.95. The third-order valence-electron chi connectivity index (χ3n) is 2.52. The summed E-state index contributed by atoms with van der Waals surface area (Å²) in [6.45, 7) is 3.74. The molecule has 0 atom stereocenters. The van der Waals surface area contributed by atoms with Crippen molar-refractivity contribution in [1.82, 2.24) is 0 Å². The minimum atomic E-state index is 0.192. The molecule has 2 heteroatoms. The predicted molar refractivity (Wildman–Crippen MR) is 46.5 cm³/mol. The number of hydrogen-bond donors (Lipinski definition) is 1. The van der Waals surface area contributed by atoms with E-state index >= 15 is 0 Å². The summed E-state index contributed by atoms with van der Waals surface area (Å²) in [7, 11) is 0. The summed E-state index contributed by atoms with van der Waals surface area (Å²) in [5.41, 5.74) is 6.22. The molecule has 2 nitrogen and oxygen atoms in total. The van der Waals surface area contributed by atoms with Crippen molar-refractivity contribution in [2.75, 3.05) is 13.2 Å². The summed E-state index contributed by atoms with van der Waals surface area (Å²) >= 11 is 0. The Labute approximate surface area is 69.1 Å². The van der Waals surface area contributed by atoms with E-state index in [1.807, 2.05) is 6.92 Å². The van der Waals surface area contributed by atoms with Gasteiger partial charge in [-0.1, -0.05) is 0 Å². The Morgan fingerprint density at radius 1 is 1.45 bits per heavy atom. The van der Waals surface area contributed by atoms with Gasteiger partial charge in [0.2, 0.25) is 0 Å². The van der Waals surface area contributed by atoms with Crippen LogP contribution in [-0.4, -0.2) is 18.8 Å². The Balaban J connectivity index is 1.94. The van der Waals surface area contributed by atoms with E-state index in [2.05, 4.69) is 0 Å². The van der Waals surface area contributed by atoms with Crippen molar-refractivity contribution >= 4 is 0 Å². The second-order valence-corrected chi connectivity index (χ2v) is 3.52. The zero-order valence-corrected chi connectivity index (χ0v) is 7.44. The van der Waals surface area contributed by atoms with Crippen LogP contribution in [-0.2, 0) is 4.74 Å². The number of rotatable bonds is 5. The van der Waals surface area contributed by atoms with E-state index in [1.54, 1.807) is 0 Å². The van der Waals surface area contributed by atoms with E-state index in [0.717, 1.165) is 26.1 Å². The summed E-state index contributed by atoms with van der Waals surface area (Å²) in [4.78, 5) is 0. The van der Waals surface area contributed by atoms with Crippen LogP contribution in [0.4, 0.5) is 0 Å². The van der Waals surface area contributed by atoms with E-state index in [-0.39, 0.29) is 5.54 Å². The fourth-order valence-electron chi connectivity index (χ4n) is 1.55. The van der Waals surface area contributed by atoms with E-state index in [0.29, 0.717) is 0 Å². The molecule has 0 saturated heterocycles. The predicted octanol–water partition coefficient (Wildman–Crippen LogP) is 1.68. The monoisotopic (exact) mass is 157 g/mol. The van der Waals surface area contributed by atoms with Gasteiger partial charge in [0, 0.05) is 18.8 Å². The van der Waals surface area contributed by atoms with Gasteiger partial charge in [0.15, 0.2) is 0 Å². The maximum Gasteiger partial charge on any atom is 0.0466 e. The molecule has 1 saturated carbocycles. The van der Waals surface area contributed by atoms with Crippen molar-refractivity contribution < 1.29 is 4.74 Å². The topological polar surface area (TPSA) is 35.2 Å². The Hall–Kier alpha value is -0.0800. The standard InChI is InChI=1S/C9H19NO/c1-2-11-8-4-7-9(10)5-3-6-9/h2-8,10H2,1H3. The second-order valence-electron chi connectivity index (χ2n) is 3.52. The summed E-state index contributed by atoms with van der Waals surface area (Å²) < 4.78 is 5.24. The molecule has 1 rings (SSSR count). The lowest BCUT2D eigenvalue weighted by Crippen LogP contribution is -2.46. The van der Waals surface area contributed by atoms with Crippen LogP contribution in [0.2, 0.25) is 0 Å². The zero-order chi connectivity index (χ0) is 8.16. The fourth-order valence-corrected chi connectivity index (χ4v) is 1.55. The van der Waals surface area contributed by atoms with Crippen LogP contribution in [0.3, 0.4) is 0 Å². The van der Waals surface area contributed by atoms with Gasteiger partial charge in [-0.25, -0.2) is 0 Å². The van der Waals surface area contributed by atoms with E-state index in [4.69, 9.17) is 10.5 Å². The fraction of sp³-hybridized carbons (Fsp3) is 1.00.